The van der Waals surface area contributed by atoms with Crippen LogP contribution in [0.15, 0.2) is 42.6 Å². The Hall–Kier alpha value is -2.33. The summed E-state index contributed by atoms with van der Waals surface area (Å²) in [5.74, 6) is 2.56. The van der Waals surface area contributed by atoms with Crippen molar-refractivity contribution in [2.45, 2.75) is 39.2 Å². The molecule has 3 aromatic rings. The molecule has 3 heterocycles. The number of methoxy groups -OCH3 is 1. The molecule has 0 aliphatic carbocycles. The van der Waals surface area contributed by atoms with Crippen molar-refractivity contribution < 1.29 is 4.74 Å². The van der Waals surface area contributed by atoms with E-state index in [9.17, 15) is 0 Å². The molecule has 136 valence electrons. The second kappa shape index (κ2) is 7.12. The summed E-state index contributed by atoms with van der Waals surface area (Å²) in [4.78, 5) is 7.46. The van der Waals surface area contributed by atoms with E-state index in [1.54, 1.807) is 7.11 Å². The minimum Gasteiger partial charge on any atom is -0.496 e. The van der Waals surface area contributed by atoms with Crippen LogP contribution in [0.2, 0.25) is 0 Å². The lowest BCUT2D eigenvalue weighted by atomic mass is 9.93. The van der Waals surface area contributed by atoms with Gasteiger partial charge in [0, 0.05) is 30.8 Å². The predicted molar refractivity (Wildman–Crippen MR) is 105 cm³/mol. The number of rotatable bonds is 4. The van der Waals surface area contributed by atoms with E-state index >= 15 is 0 Å². The molecule has 1 aliphatic heterocycles. The van der Waals surface area contributed by atoms with E-state index in [4.69, 9.17) is 9.72 Å². The number of hydrogen-bond donors (Lipinski definition) is 0. The van der Waals surface area contributed by atoms with Crippen LogP contribution in [0.1, 0.15) is 41.4 Å². The summed E-state index contributed by atoms with van der Waals surface area (Å²) in [5.41, 5.74) is 5.07. The van der Waals surface area contributed by atoms with Crippen molar-refractivity contribution in [3.05, 3.63) is 65.2 Å². The van der Waals surface area contributed by atoms with Crippen LogP contribution in [0.4, 0.5) is 0 Å². The van der Waals surface area contributed by atoms with E-state index in [0.29, 0.717) is 5.92 Å². The standard InChI is InChI=1S/C22H27N3O/c1-16-9-10-21(26-3)19(13-16)15-24-11-6-7-18(14-24)22-20-8-4-5-12-25(20)17(2)23-22/h4-5,8-10,12-13,18H,6-7,11,14-15H2,1-3H3/t18-/m1/s1. The van der Waals surface area contributed by atoms with Crippen molar-refractivity contribution in [3.8, 4) is 5.75 Å². The highest BCUT2D eigenvalue weighted by Crippen LogP contribution is 2.31. The van der Waals surface area contributed by atoms with Gasteiger partial charge in [0.1, 0.15) is 11.6 Å². The van der Waals surface area contributed by atoms with E-state index in [0.717, 1.165) is 31.2 Å². The number of hydrogen-bond acceptors (Lipinski definition) is 3. The van der Waals surface area contributed by atoms with Crippen molar-refractivity contribution in [3.63, 3.8) is 0 Å². The molecule has 4 nitrogen and oxygen atoms in total. The summed E-state index contributed by atoms with van der Waals surface area (Å²) in [6.07, 6.45) is 4.53. The molecule has 0 saturated carbocycles. The van der Waals surface area contributed by atoms with Crippen LogP contribution in [-0.4, -0.2) is 34.5 Å². The lowest BCUT2D eigenvalue weighted by Crippen LogP contribution is -2.34. The second-order valence-electron chi connectivity index (χ2n) is 7.39. The van der Waals surface area contributed by atoms with Gasteiger partial charge in [0.25, 0.3) is 0 Å². The molecule has 26 heavy (non-hydrogen) atoms. The summed E-state index contributed by atoms with van der Waals surface area (Å²) in [5, 5.41) is 0. The number of benzene rings is 1. The van der Waals surface area contributed by atoms with Gasteiger partial charge in [0.2, 0.25) is 0 Å². The van der Waals surface area contributed by atoms with Crippen LogP contribution in [0.5, 0.6) is 5.75 Å². The van der Waals surface area contributed by atoms with E-state index in [2.05, 4.69) is 65.7 Å². The Balaban J connectivity index is 1.57. The van der Waals surface area contributed by atoms with Gasteiger partial charge >= 0.3 is 0 Å². The number of piperidine rings is 1. The molecular formula is C22H27N3O. The lowest BCUT2D eigenvalue weighted by Gasteiger charge is -2.32. The molecule has 0 spiro atoms. The van der Waals surface area contributed by atoms with Crippen molar-refractivity contribution >= 4 is 5.52 Å². The highest BCUT2D eigenvalue weighted by Gasteiger charge is 2.25. The van der Waals surface area contributed by atoms with Crippen LogP contribution >= 0.6 is 0 Å². The minimum atomic E-state index is 0.491. The van der Waals surface area contributed by atoms with Gasteiger partial charge in [-0.3, -0.25) is 4.90 Å². The number of aromatic nitrogens is 2. The van der Waals surface area contributed by atoms with Crippen molar-refractivity contribution in [1.29, 1.82) is 0 Å². The third-order valence-electron chi connectivity index (χ3n) is 5.48. The van der Waals surface area contributed by atoms with Crippen molar-refractivity contribution in [2.24, 2.45) is 0 Å². The van der Waals surface area contributed by atoms with Crippen LogP contribution in [0.25, 0.3) is 5.52 Å². The zero-order valence-electron chi connectivity index (χ0n) is 15.9. The van der Waals surface area contributed by atoms with Crippen molar-refractivity contribution in [1.82, 2.24) is 14.3 Å². The van der Waals surface area contributed by atoms with Gasteiger partial charge in [-0.15, -0.1) is 0 Å². The smallest absolute Gasteiger partial charge is 0.123 e. The Morgan fingerprint density at radius 2 is 2.08 bits per heavy atom. The number of imidazole rings is 1. The molecule has 0 amide bonds. The highest BCUT2D eigenvalue weighted by atomic mass is 16.5. The highest BCUT2D eigenvalue weighted by molar-refractivity contribution is 5.54. The number of likely N-dealkylation sites (tertiary alicyclic amines) is 1. The zero-order valence-corrected chi connectivity index (χ0v) is 15.9. The van der Waals surface area contributed by atoms with E-state index in [1.807, 2.05) is 0 Å². The van der Waals surface area contributed by atoms with Crippen LogP contribution in [0, 0.1) is 13.8 Å². The number of fused-ring (bicyclic) bond motifs is 1. The molecule has 4 rings (SSSR count). The average molecular weight is 349 g/mol. The van der Waals surface area contributed by atoms with Gasteiger partial charge in [-0.05, 0) is 51.4 Å². The number of ether oxygens (including phenoxy) is 1. The third kappa shape index (κ3) is 3.21. The van der Waals surface area contributed by atoms with Gasteiger partial charge < -0.3 is 9.14 Å². The lowest BCUT2D eigenvalue weighted by molar-refractivity contribution is 0.197. The van der Waals surface area contributed by atoms with E-state index < -0.39 is 0 Å². The SMILES string of the molecule is COc1ccc(C)cc1CN1CCC[C@@H](c2nc(C)n3ccccc23)C1. The molecule has 0 N–H and O–H groups in total. The number of aryl methyl sites for hydroxylation is 2. The van der Waals surface area contributed by atoms with E-state index in [-0.39, 0.29) is 0 Å². The molecule has 1 saturated heterocycles. The van der Waals surface area contributed by atoms with Gasteiger partial charge in [0.15, 0.2) is 0 Å². The maximum atomic E-state index is 5.57. The molecule has 1 aromatic carbocycles. The minimum absolute atomic E-state index is 0.491. The molecule has 2 aromatic heterocycles. The van der Waals surface area contributed by atoms with Gasteiger partial charge in [-0.1, -0.05) is 23.8 Å². The van der Waals surface area contributed by atoms with Crippen LogP contribution in [0.3, 0.4) is 0 Å². The van der Waals surface area contributed by atoms with Crippen LogP contribution < -0.4 is 4.74 Å². The molecule has 1 fully saturated rings. The Labute approximate surface area is 155 Å². The predicted octanol–water partition coefficient (Wildman–Crippen LogP) is 4.34. The van der Waals surface area contributed by atoms with Gasteiger partial charge in [-0.2, -0.15) is 0 Å². The Kier molecular flexibility index (Phi) is 4.68. The maximum Gasteiger partial charge on any atom is 0.123 e. The Bertz CT molecular complexity index is 915. The molecule has 1 aliphatic rings. The summed E-state index contributed by atoms with van der Waals surface area (Å²) >= 11 is 0. The summed E-state index contributed by atoms with van der Waals surface area (Å²) in [7, 11) is 1.76. The molecule has 0 bridgehead atoms. The largest absolute Gasteiger partial charge is 0.496 e. The quantitative estimate of drug-likeness (QED) is 0.702. The first-order valence-corrected chi connectivity index (χ1v) is 9.45. The molecule has 0 radical (unpaired) electrons. The fraction of sp³-hybridized carbons (Fsp3) is 0.409. The normalized spacial score (nSPS) is 18.3. The van der Waals surface area contributed by atoms with Crippen LogP contribution in [-0.2, 0) is 6.54 Å². The van der Waals surface area contributed by atoms with Crippen molar-refractivity contribution in [2.75, 3.05) is 20.2 Å². The fourth-order valence-electron chi connectivity index (χ4n) is 4.21. The summed E-state index contributed by atoms with van der Waals surface area (Å²) in [6.45, 7) is 7.36. The average Bonchev–Trinajstić information content (AvgIpc) is 2.99. The van der Waals surface area contributed by atoms with E-state index in [1.165, 1.54) is 35.2 Å². The van der Waals surface area contributed by atoms with Gasteiger partial charge in [-0.25, -0.2) is 4.98 Å². The molecule has 4 heteroatoms. The summed E-state index contributed by atoms with van der Waals surface area (Å²) in [6, 6.07) is 12.8. The van der Waals surface area contributed by atoms with Gasteiger partial charge in [0.05, 0.1) is 18.3 Å². The second-order valence-corrected chi connectivity index (χ2v) is 7.39. The first-order valence-electron chi connectivity index (χ1n) is 9.45. The Morgan fingerprint density at radius 1 is 1.19 bits per heavy atom. The maximum absolute atomic E-state index is 5.57. The number of pyridine rings is 1. The molecule has 0 unspecified atom stereocenters. The first-order chi connectivity index (χ1) is 12.7. The monoisotopic (exact) mass is 349 g/mol. The summed E-state index contributed by atoms with van der Waals surface area (Å²) < 4.78 is 7.78. The first kappa shape index (κ1) is 17.1. The third-order valence-corrected chi connectivity index (χ3v) is 5.48. The zero-order chi connectivity index (χ0) is 18.1. The molecule has 1 atom stereocenters. The number of nitrogens with zero attached hydrogens (tertiary/aromatic N) is 3. The fourth-order valence-corrected chi connectivity index (χ4v) is 4.21. The molecular weight excluding hydrogens is 322 g/mol. The topological polar surface area (TPSA) is 29.8 Å². The Morgan fingerprint density at radius 3 is 2.92 bits per heavy atom.